The van der Waals surface area contributed by atoms with E-state index in [9.17, 15) is 4.79 Å². The molecule has 190 valence electrons. The van der Waals surface area contributed by atoms with E-state index in [2.05, 4.69) is 87.5 Å². The molecule has 1 unspecified atom stereocenters. The lowest BCUT2D eigenvalue weighted by Crippen LogP contribution is -2.37. The quantitative estimate of drug-likeness (QED) is 0.361. The molecule has 0 bridgehead atoms. The number of hydrogen-bond donors (Lipinski definition) is 0. The number of carbonyl (C=O) groups excluding carboxylic acids is 1. The topological polar surface area (TPSA) is 17.1 Å². The third-order valence-corrected chi connectivity index (χ3v) is 10.1. The van der Waals surface area contributed by atoms with Crippen molar-refractivity contribution >= 4 is 5.78 Å². The zero-order valence-electron chi connectivity index (χ0n) is 22.6. The smallest absolute Gasteiger partial charge is 0.166 e. The number of Topliss-reactive ketones (excluding diaryl/α,β-unsaturated/α-hetero) is 1. The van der Waals surface area contributed by atoms with Crippen LogP contribution in [-0.4, -0.2) is 5.78 Å². The van der Waals surface area contributed by atoms with Gasteiger partial charge in [-0.1, -0.05) is 79.3 Å². The van der Waals surface area contributed by atoms with E-state index in [1.165, 1.54) is 56.1 Å². The van der Waals surface area contributed by atoms with Crippen molar-refractivity contribution in [2.45, 2.75) is 90.9 Å². The number of carbonyl (C=O) groups is 1. The van der Waals surface area contributed by atoms with Crippen molar-refractivity contribution in [3.8, 4) is 0 Å². The summed E-state index contributed by atoms with van der Waals surface area (Å²) >= 11 is 0. The van der Waals surface area contributed by atoms with Gasteiger partial charge in [-0.3, -0.25) is 4.79 Å². The fourth-order valence-corrected chi connectivity index (χ4v) is 7.74. The van der Waals surface area contributed by atoms with Gasteiger partial charge < -0.3 is 0 Å². The first-order valence-electron chi connectivity index (χ1n) is 14.5. The molecule has 0 amide bonds. The molecule has 0 heterocycles. The summed E-state index contributed by atoms with van der Waals surface area (Å²) in [7, 11) is 0. The Morgan fingerprint density at radius 3 is 2.17 bits per heavy atom. The van der Waals surface area contributed by atoms with Crippen LogP contribution in [0.4, 0.5) is 0 Å². The van der Waals surface area contributed by atoms with Gasteiger partial charge in [0.1, 0.15) is 0 Å². The molecule has 0 saturated heterocycles. The second kappa shape index (κ2) is 10.9. The highest BCUT2D eigenvalue weighted by Gasteiger charge is 2.42. The first-order chi connectivity index (χ1) is 17.4. The molecule has 2 saturated carbocycles. The molecule has 2 aromatic rings. The predicted molar refractivity (Wildman–Crippen MR) is 151 cm³/mol. The van der Waals surface area contributed by atoms with Gasteiger partial charge in [-0.2, -0.15) is 0 Å². The second-order valence-corrected chi connectivity index (χ2v) is 12.3. The first-order valence-corrected chi connectivity index (χ1v) is 14.5. The SMILES string of the molecule is Cc1cccc(C)c1C(=O)C1CCC(C)(C2CCC(C(CC3=CCC=C3)c3ccccc3)CC2)CC1. The Kier molecular flexibility index (Phi) is 7.65. The second-order valence-electron chi connectivity index (χ2n) is 12.3. The third kappa shape index (κ3) is 5.31. The number of ketones is 1. The van der Waals surface area contributed by atoms with Crippen LogP contribution in [0, 0.1) is 37.0 Å². The molecule has 0 spiro atoms. The van der Waals surface area contributed by atoms with E-state index in [0.29, 0.717) is 17.1 Å². The molecule has 1 heteroatoms. The largest absolute Gasteiger partial charge is 0.294 e. The Morgan fingerprint density at radius 1 is 0.889 bits per heavy atom. The van der Waals surface area contributed by atoms with Crippen LogP contribution in [0.25, 0.3) is 0 Å². The molecule has 3 aliphatic rings. The Hall–Kier alpha value is -2.41. The summed E-state index contributed by atoms with van der Waals surface area (Å²) in [5, 5.41) is 0. The molecule has 0 aliphatic heterocycles. The Bertz CT molecular complexity index is 1080. The average Bonchev–Trinajstić information content (AvgIpc) is 3.42. The third-order valence-electron chi connectivity index (χ3n) is 10.1. The number of hydrogen-bond acceptors (Lipinski definition) is 1. The molecule has 0 radical (unpaired) electrons. The minimum Gasteiger partial charge on any atom is -0.294 e. The minimum atomic E-state index is 0.212. The molecule has 0 N–H and O–H groups in total. The van der Waals surface area contributed by atoms with Gasteiger partial charge in [0.05, 0.1) is 0 Å². The van der Waals surface area contributed by atoms with Crippen molar-refractivity contribution in [1.82, 2.24) is 0 Å². The van der Waals surface area contributed by atoms with Crippen molar-refractivity contribution in [3.63, 3.8) is 0 Å². The molecular formula is C35H44O. The summed E-state index contributed by atoms with van der Waals surface area (Å²) in [6.07, 6.45) is 19.3. The van der Waals surface area contributed by atoms with Crippen molar-refractivity contribution in [1.29, 1.82) is 0 Å². The fraction of sp³-hybridized carbons (Fsp3) is 0.514. The van der Waals surface area contributed by atoms with Gasteiger partial charge in [0, 0.05) is 11.5 Å². The van der Waals surface area contributed by atoms with Gasteiger partial charge in [0.25, 0.3) is 0 Å². The average molecular weight is 481 g/mol. The lowest BCUT2D eigenvalue weighted by Gasteiger charge is -2.46. The molecule has 36 heavy (non-hydrogen) atoms. The molecule has 1 atom stereocenters. The van der Waals surface area contributed by atoms with Gasteiger partial charge >= 0.3 is 0 Å². The van der Waals surface area contributed by atoms with Crippen LogP contribution in [0.2, 0.25) is 0 Å². The molecule has 2 fully saturated rings. The normalized spacial score (nSPS) is 29.1. The van der Waals surface area contributed by atoms with Crippen molar-refractivity contribution < 1.29 is 4.79 Å². The van der Waals surface area contributed by atoms with Gasteiger partial charge in [0.15, 0.2) is 5.78 Å². The van der Waals surface area contributed by atoms with E-state index in [0.717, 1.165) is 47.8 Å². The standard InChI is InChI=1S/C35H44O/c1-25-10-9-11-26(2)33(25)34(36)30-20-22-35(3,23-21-30)31-18-16-29(17-19-31)32(24-27-12-7-8-13-27)28-14-5-4-6-15-28/h4-7,9-15,29-32H,8,16-24H2,1-3H3. The molecule has 3 aliphatic carbocycles. The minimum absolute atomic E-state index is 0.212. The van der Waals surface area contributed by atoms with E-state index in [1.807, 2.05) is 0 Å². The van der Waals surface area contributed by atoms with Crippen LogP contribution in [0.15, 0.2) is 72.3 Å². The molecule has 0 aromatic heterocycles. The van der Waals surface area contributed by atoms with Crippen molar-refractivity contribution in [3.05, 3.63) is 94.6 Å². The lowest BCUT2D eigenvalue weighted by molar-refractivity contribution is 0.0475. The van der Waals surface area contributed by atoms with Crippen LogP contribution >= 0.6 is 0 Å². The molecular weight excluding hydrogens is 436 g/mol. The first kappa shape index (κ1) is 25.2. The lowest BCUT2D eigenvalue weighted by atomic mass is 9.58. The van der Waals surface area contributed by atoms with Gasteiger partial charge in [0.2, 0.25) is 0 Å². The zero-order chi connectivity index (χ0) is 25.1. The van der Waals surface area contributed by atoms with Gasteiger partial charge in [-0.25, -0.2) is 0 Å². The van der Waals surface area contributed by atoms with Crippen molar-refractivity contribution in [2.24, 2.45) is 23.2 Å². The summed E-state index contributed by atoms with van der Waals surface area (Å²) < 4.78 is 0. The zero-order valence-corrected chi connectivity index (χ0v) is 22.6. The fourth-order valence-electron chi connectivity index (χ4n) is 7.74. The van der Waals surface area contributed by atoms with Crippen LogP contribution in [0.1, 0.15) is 104 Å². The van der Waals surface area contributed by atoms with Crippen LogP contribution < -0.4 is 0 Å². The number of allylic oxidation sites excluding steroid dienone is 4. The van der Waals surface area contributed by atoms with Crippen LogP contribution in [0.5, 0.6) is 0 Å². The molecule has 2 aromatic carbocycles. The maximum Gasteiger partial charge on any atom is 0.166 e. The molecule has 5 rings (SSSR count). The van der Waals surface area contributed by atoms with Crippen LogP contribution in [0.3, 0.4) is 0 Å². The summed E-state index contributed by atoms with van der Waals surface area (Å²) in [4.78, 5) is 13.4. The van der Waals surface area contributed by atoms with E-state index < -0.39 is 0 Å². The summed E-state index contributed by atoms with van der Waals surface area (Å²) in [6, 6.07) is 17.5. The monoisotopic (exact) mass is 480 g/mol. The highest BCUT2D eigenvalue weighted by atomic mass is 16.1. The predicted octanol–water partition coefficient (Wildman–Crippen LogP) is 9.55. The highest BCUT2D eigenvalue weighted by molar-refractivity contribution is 6.00. The van der Waals surface area contributed by atoms with Crippen molar-refractivity contribution in [2.75, 3.05) is 0 Å². The maximum atomic E-state index is 13.4. The number of rotatable bonds is 7. The van der Waals surface area contributed by atoms with Crippen LogP contribution in [-0.2, 0) is 0 Å². The summed E-state index contributed by atoms with van der Waals surface area (Å²) in [5.41, 5.74) is 6.74. The Labute approximate surface area is 219 Å². The maximum absolute atomic E-state index is 13.4. The Balaban J connectivity index is 1.20. The van der Waals surface area contributed by atoms with Gasteiger partial charge in [-0.05, 0) is 118 Å². The van der Waals surface area contributed by atoms with E-state index in [4.69, 9.17) is 0 Å². The van der Waals surface area contributed by atoms with E-state index in [-0.39, 0.29) is 5.92 Å². The van der Waals surface area contributed by atoms with E-state index in [1.54, 1.807) is 0 Å². The summed E-state index contributed by atoms with van der Waals surface area (Å²) in [6.45, 7) is 6.72. The summed E-state index contributed by atoms with van der Waals surface area (Å²) in [5.74, 6) is 2.84. The highest BCUT2D eigenvalue weighted by Crippen LogP contribution is 2.52. The van der Waals surface area contributed by atoms with Gasteiger partial charge in [-0.15, -0.1) is 0 Å². The Morgan fingerprint density at radius 2 is 1.56 bits per heavy atom. The molecule has 1 nitrogen and oxygen atoms in total. The number of aryl methyl sites for hydroxylation is 2. The van der Waals surface area contributed by atoms with E-state index >= 15 is 0 Å². The number of benzene rings is 2.